The molecule has 0 fully saturated rings. The van der Waals surface area contributed by atoms with Crippen LogP contribution in [0.2, 0.25) is 0 Å². The fourth-order valence-corrected chi connectivity index (χ4v) is 2.69. The number of nitrogens with two attached hydrogens (primary N) is 1. The van der Waals surface area contributed by atoms with Crippen LogP contribution >= 0.6 is 0 Å². The predicted octanol–water partition coefficient (Wildman–Crippen LogP) is 6.21. The smallest absolute Gasteiger partial charge is 0.00388 e. The fourth-order valence-electron chi connectivity index (χ4n) is 2.69. The molecule has 0 aliphatic heterocycles. The third-order valence-electron chi connectivity index (χ3n) is 4.11. The van der Waals surface area contributed by atoms with Gasteiger partial charge in [-0.1, -0.05) is 97.3 Å². The van der Waals surface area contributed by atoms with Crippen molar-refractivity contribution in [1.82, 2.24) is 0 Å². The molecule has 116 valence electrons. The molecule has 0 aliphatic carbocycles. The lowest BCUT2D eigenvalue weighted by Gasteiger charge is -2.10. The van der Waals surface area contributed by atoms with Crippen LogP contribution in [0, 0.1) is 0 Å². The first kappa shape index (κ1) is 19.0. The van der Waals surface area contributed by atoms with Crippen LogP contribution in [0.4, 0.5) is 0 Å². The molecule has 0 heterocycles. The highest BCUT2D eigenvalue weighted by molar-refractivity contribution is 4.61. The van der Waals surface area contributed by atoms with Gasteiger partial charge in [-0.3, -0.25) is 0 Å². The Morgan fingerprint density at radius 3 is 1.32 bits per heavy atom. The van der Waals surface area contributed by atoms with Crippen molar-refractivity contribution in [3.63, 3.8) is 0 Å². The van der Waals surface area contributed by atoms with Crippen LogP contribution in [0.1, 0.15) is 110 Å². The van der Waals surface area contributed by atoms with Gasteiger partial charge in [-0.25, -0.2) is 0 Å². The largest absolute Gasteiger partial charge is 0.328 e. The second-order valence-electron chi connectivity index (χ2n) is 6.23. The summed E-state index contributed by atoms with van der Waals surface area (Å²) in [7, 11) is 0. The Morgan fingerprint density at radius 1 is 0.526 bits per heavy atom. The van der Waals surface area contributed by atoms with E-state index < -0.39 is 0 Å². The van der Waals surface area contributed by atoms with Gasteiger partial charge < -0.3 is 5.73 Å². The van der Waals surface area contributed by atoms with E-state index in [1.54, 1.807) is 0 Å². The Hall–Kier alpha value is -0.0400. The number of hydrogen-bond acceptors (Lipinski definition) is 1. The number of rotatable bonds is 15. The van der Waals surface area contributed by atoms with E-state index in [0.717, 1.165) is 0 Å². The van der Waals surface area contributed by atoms with E-state index >= 15 is 0 Å². The zero-order chi connectivity index (χ0) is 14.2. The molecule has 19 heavy (non-hydrogen) atoms. The van der Waals surface area contributed by atoms with E-state index in [9.17, 15) is 0 Å². The maximum atomic E-state index is 6.12. The third-order valence-corrected chi connectivity index (χ3v) is 4.11. The molecule has 1 heteroatoms. The van der Waals surface area contributed by atoms with Crippen molar-refractivity contribution in [3.8, 4) is 0 Å². The minimum Gasteiger partial charge on any atom is -0.328 e. The van der Waals surface area contributed by atoms with Crippen molar-refractivity contribution in [2.24, 2.45) is 5.73 Å². The Balaban J connectivity index is 3.05. The van der Waals surface area contributed by atoms with Gasteiger partial charge in [-0.2, -0.15) is 0 Å². The first-order valence-electron chi connectivity index (χ1n) is 9.06. The summed E-state index contributed by atoms with van der Waals surface area (Å²) in [6.07, 6.45) is 20.7. The standard InChI is InChI=1S/C18H39N/c1-3-5-7-8-9-10-11-12-13-15-17-18(19)16-14-6-4-2/h18H,3-17,19H2,1-2H3. The molecule has 0 rings (SSSR count). The molecule has 2 N–H and O–H groups in total. The van der Waals surface area contributed by atoms with E-state index in [1.807, 2.05) is 0 Å². The second kappa shape index (κ2) is 16.0. The van der Waals surface area contributed by atoms with E-state index in [0.29, 0.717) is 6.04 Å². The van der Waals surface area contributed by atoms with Crippen LogP contribution in [0.25, 0.3) is 0 Å². The third kappa shape index (κ3) is 15.9. The minimum atomic E-state index is 0.473. The molecule has 0 radical (unpaired) electrons. The molecular weight excluding hydrogens is 230 g/mol. The summed E-state index contributed by atoms with van der Waals surface area (Å²) in [5, 5.41) is 0. The van der Waals surface area contributed by atoms with Crippen LogP contribution in [0.5, 0.6) is 0 Å². The predicted molar refractivity (Wildman–Crippen MR) is 88.6 cm³/mol. The maximum Gasteiger partial charge on any atom is 0.00388 e. The normalized spacial score (nSPS) is 12.8. The zero-order valence-corrected chi connectivity index (χ0v) is 13.8. The molecule has 0 aromatic carbocycles. The van der Waals surface area contributed by atoms with Gasteiger partial charge in [-0.05, 0) is 12.8 Å². The molecule has 1 atom stereocenters. The Labute approximate surface area is 122 Å². The molecule has 0 saturated heterocycles. The molecule has 1 unspecified atom stereocenters. The first-order valence-corrected chi connectivity index (χ1v) is 9.06. The van der Waals surface area contributed by atoms with E-state index in [4.69, 9.17) is 5.73 Å². The van der Waals surface area contributed by atoms with Gasteiger partial charge in [0.2, 0.25) is 0 Å². The Kier molecular flexibility index (Phi) is 16.0. The van der Waals surface area contributed by atoms with E-state index in [1.165, 1.54) is 96.3 Å². The SMILES string of the molecule is CCCCCCCCCCCCC(N)CCCCC. The van der Waals surface area contributed by atoms with Gasteiger partial charge in [0.1, 0.15) is 0 Å². The van der Waals surface area contributed by atoms with E-state index in [2.05, 4.69) is 13.8 Å². The summed E-state index contributed by atoms with van der Waals surface area (Å²) in [5.41, 5.74) is 6.12. The van der Waals surface area contributed by atoms with E-state index in [-0.39, 0.29) is 0 Å². The molecule has 0 aromatic rings. The van der Waals surface area contributed by atoms with Crippen molar-refractivity contribution in [3.05, 3.63) is 0 Å². The molecule has 0 saturated carbocycles. The topological polar surface area (TPSA) is 26.0 Å². The fraction of sp³-hybridized carbons (Fsp3) is 1.00. The van der Waals surface area contributed by atoms with Crippen LogP contribution in [0.15, 0.2) is 0 Å². The summed E-state index contributed by atoms with van der Waals surface area (Å²) >= 11 is 0. The molecular formula is C18H39N. The lowest BCUT2D eigenvalue weighted by Crippen LogP contribution is -2.19. The highest BCUT2D eigenvalue weighted by atomic mass is 14.6. The van der Waals surface area contributed by atoms with Crippen molar-refractivity contribution in [2.45, 2.75) is 116 Å². The minimum absolute atomic E-state index is 0.473. The molecule has 0 amide bonds. The summed E-state index contributed by atoms with van der Waals surface area (Å²) in [5.74, 6) is 0. The van der Waals surface area contributed by atoms with Crippen molar-refractivity contribution in [1.29, 1.82) is 0 Å². The van der Waals surface area contributed by atoms with Crippen LogP contribution in [-0.2, 0) is 0 Å². The van der Waals surface area contributed by atoms with Gasteiger partial charge in [0.05, 0.1) is 0 Å². The van der Waals surface area contributed by atoms with Gasteiger partial charge in [0.15, 0.2) is 0 Å². The van der Waals surface area contributed by atoms with Gasteiger partial charge in [0.25, 0.3) is 0 Å². The summed E-state index contributed by atoms with van der Waals surface area (Å²) < 4.78 is 0. The zero-order valence-electron chi connectivity index (χ0n) is 13.8. The average Bonchev–Trinajstić information content (AvgIpc) is 2.41. The Bertz CT molecular complexity index is 156. The van der Waals surface area contributed by atoms with Crippen LogP contribution < -0.4 is 5.73 Å². The lowest BCUT2D eigenvalue weighted by molar-refractivity contribution is 0.488. The monoisotopic (exact) mass is 269 g/mol. The maximum absolute atomic E-state index is 6.12. The highest BCUT2D eigenvalue weighted by Crippen LogP contribution is 2.13. The van der Waals surface area contributed by atoms with Crippen LogP contribution in [-0.4, -0.2) is 6.04 Å². The lowest BCUT2D eigenvalue weighted by atomic mass is 10.0. The molecule has 0 aliphatic rings. The van der Waals surface area contributed by atoms with Crippen molar-refractivity contribution >= 4 is 0 Å². The highest BCUT2D eigenvalue weighted by Gasteiger charge is 2.01. The van der Waals surface area contributed by atoms with Crippen molar-refractivity contribution in [2.75, 3.05) is 0 Å². The van der Waals surface area contributed by atoms with Gasteiger partial charge in [-0.15, -0.1) is 0 Å². The average molecular weight is 270 g/mol. The number of unbranched alkanes of at least 4 members (excludes halogenated alkanes) is 11. The Morgan fingerprint density at radius 2 is 0.842 bits per heavy atom. The molecule has 0 spiro atoms. The second-order valence-corrected chi connectivity index (χ2v) is 6.23. The van der Waals surface area contributed by atoms with Crippen molar-refractivity contribution < 1.29 is 0 Å². The quantitative estimate of drug-likeness (QED) is 0.352. The van der Waals surface area contributed by atoms with Gasteiger partial charge >= 0.3 is 0 Å². The molecule has 1 nitrogen and oxygen atoms in total. The summed E-state index contributed by atoms with van der Waals surface area (Å²) in [6.45, 7) is 4.54. The number of hydrogen-bond donors (Lipinski definition) is 1. The van der Waals surface area contributed by atoms with Gasteiger partial charge in [0, 0.05) is 6.04 Å². The summed E-state index contributed by atoms with van der Waals surface area (Å²) in [4.78, 5) is 0. The summed E-state index contributed by atoms with van der Waals surface area (Å²) in [6, 6.07) is 0.473. The molecule has 0 aromatic heterocycles. The molecule has 0 bridgehead atoms. The van der Waals surface area contributed by atoms with Crippen LogP contribution in [0.3, 0.4) is 0 Å². The first-order chi connectivity index (χ1) is 9.31.